The fraction of sp³-hybridized carbons (Fsp3) is 0.857. The minimum absolute atomic E-state index is 0.00681. The molecule has 0 aromatic carbocycles. The van der Waals surface area contributed by atoms with E-state index in [4.69, 9.17) is 9.84 Å². The van der Waals surface area contributed by atoms with Gasteiger partial charge >= 0.3 is 0 Å². The first-order valence-corrected chi connectivity index (χ1v) is 3.78. The minimum Gasteiger partial charge on any atom is -0.395 e. The van der Waals surface area contributed by atoms with Crippen LogP contribution in [0.2, 0.25) is 0 Å². The van der Waals surface area contributed by atoms with Crippen molar-refractivity contribution in [2.75, 3.05) is 26.4 Å². The first kappa shape index (κ1) is 8.49. The van der Waals surface area contributed by atoms with Gasteiger partial charge in [0.05, 0.1) is 19.8 Å². The van der Waals surface area contributed by atoms with E-state index in [2.05, 4.69) is 5.32 Å². The van der Waals surface area contributed by atoms with Gasteiger partial charge in [-0.1, -0.05) is 0 Å². The summed E-state index contributed by atoms with van der Waals surface area (Å²) in [5, 5.41) is 11.0. The second-order valence-corrected chi connectivity index (χ2v) is 2.68. The van der Waals surface area contributed by atoms with Gasteiger partial charge in [0.2, 0.25) is 5.91 Å². The Morgan fingerprint density at radius 1 is 1.64 bits per heavy atom. The van der Waals surface area contributed by atoms with Crippen molar-refractivity contribution in [3.8, 4) is 0 Å². The normalized spacial score (nSPS) is 17.5. The summed E-state index contributed by atoms with van der Waals surface area (Å²) >= 11 is 0. The van der Waals surface area contributed by atoms with Crippen LogP contribution in [-0.2, 0) is 9.53 Å². The number of amides is 1. The van der Waals surface area contributed by atoms with E-state index < -0.39 is 0 Å². The Kier molecular flexibility index (Phi) is 3.32. The van der Waals surface area contributed by atoms with E-state index in [1.807, 2.05) is 0 Å². The highest BCUT2D eigenvalue weighted by Gasteiger charge is 2.20. The summed E-state index contributed by atoms with van der Waals surface area (Å²) in [4.78, 5) is 10.9. The van der Waals surface area contributed by atoms with Crippen LogP contribution in [0.4, 0.5) is 0 Å². The summed E-state index contributed by atoms with van der Waals surface area (Å²) in [5.74, 6) is 0.404. The van der Waals surface area contributed by atoms with E-state index in [0.29, 0.717) is 32.1 Å². The Balaban J connectivity index is 2.00. The second kappa shape index (κ2) is 4.31. The molecule has 1 heterocycles. The van der Waals surface area contributed by atoms with Crippen LogP contribution in [0.3, 0.4) is 0 Å². The lowest BCUT2D eigenvalue weighted by molar-refractivity contribution is -0.126. The first-order chi connectivity index (χ1) is 5.33. The fourth-order valence-corrected chi connectivity index (χ4v) is 0.932. The lowest BCUT2D eigenvalue weighted by Gasteiger charge is -2.24. The number of carbonyl (C=O) groups excluding carboxylic acids is 1. The van der Waals surface area contributed by atoms with Gasteiger partial charge in [-0.05, 0) is 0 Å². The molecule has 1 aliphatic heterocycles. The quantitative estimate of drug-likeness (QED) is 0.560. The maximum absolute atomic E-state index is 10.9. The van der Waals surface area contributed by atoms with Crippen LogP contribution in [0, 0.1) is 5.92 Å². The number of aliphatic hydroxyl groups is 1. The van der Waals surface area contributed by atoms with E-state index >= 15 is 0 Å². The highest BCUT2D eigenvalue weighted by molar-refractivity contribution is 5.76. The number of hydrogen-bond acceptors (Lipinski definition) is 3. The molecule has 1 rings (SSSR count). The molecule has 0 bridgehead atoms. The van der Waals surface area contributed by atoms with E-state index in [1.54, 1.807) is 0 Å². The molecule has 4 heteroatoms. The molecule has 0 spiro atoms. The molecule has 0 aliphatic carbocycles. The van der Waals surface area contributed by atoms with E-state index in [-0.39, 0.29) is 12.5 Å². The molecule has 1 fully saturated rings. The van der Waals surface area contributed by atoms with Crippen LogP contribution in [0.1, 0.15) is 6.42 Å². The van der Waals surface area contributed by atoms with Crippen molar-refractivity contribution in [3.63, 3.8) is 0 Å². The Labute approximate surface area is 65.5 Å². The van der Waals surface area contributed by atoms with Gasteiger partial charge in [0.1, 0.15) is 0 Å². The fourth-order valence-electron chi connectivity index (χ4n) is 0.932. The molecule has 0 radical (unpaired) electrons. The maximum Gasteiger partial charge on any atom is 0.220 e. The zero-order valence-corrected chi connectivity index (χ0v) is 6.38. The van der Waals surface area contributed by atoms with Crippen LogP contribution in [0.25, 0.3) is 0 Å². The number of aliphatic hydroxyl groups excluding tert-OH is 1. The smallest absolute Gasteiger partial charge is 0.220 e. The third kappa shape index (κ3) is 2.86. The molecule has 0 unspecified atom stereocenters. The summed E-state index contributed by atoms with van der Waals surface area (Å²) in [6.45, 7) is 1.76. The largest absolute Gasteiger partial charge is 0.395 e. The van der Waals surface area contributed by atoms with Crippen molar-refractivity contribution < 1.29 is 14.6 Å². The Bertz CT molecular complexity index is 134. The van der Waals surface area contributed by atoms with Crippen LogP contribution in [0.15, 0.2) is 0 Å². The van der Waals surface area contributed by atoms with Gasteiger partial charge in [0.15, 0.2) is 0 Å². The summed E-state index contributed by atoms with van der Waals surface area (Å²) in [6.07, 6.45) is 0.528. The number of nitrogens with one attached hydrogen (secondary N) is 1. The van der Waals surface area contributed by atoms with Gasteiger partial charge in [-0.2, -0.15) is 0 Å². The van der Waals surface area contributed by atoms with Gasteiger partial charge in [-0.3, -0.25) is 4.79 Å². The SMILES string of the molecule is O=C(CC1COC1)NCCO. The molecular formula is C7H13NO3. The molecule has 1 amide bonds. The lowest BCUT2D eigenvalue weighted by atomic mass is 10.0. The molecule has 0 atom stereocenters. The van der Waals surface area contributed by atoms with Crippen molar-refractivity contribution >= 4 is 5.91 Å². The second-order valence-electron chi connectivity index (χ2n) is 2.68. The van der Waals surface area contributed by atoms with Crippen molar-refractivity contribution in [1.82, 2.24) is 5.32 Å². The standard InChI is InChI=1S/C7H13NO3/c9-2-1-8-7(10)3-6-4-11-5-6/h6,9H,1-5H2,(H,8,10). The van der Waals surface area contributed by atoms with E-state index in [9.17, 15) is 4.79 Å². The predicted molar refractivity (Wildman–Crippen MR) is 39.0 cm³/mol. The Morgan fingerprint density at radius 3 is 2.82 bits per heavy atom. The molecule has 11 heavy (non-hydrogen) atoms. The van der Waals surface area contributed by atoms with E-state index in [0.717, 1.165) is 0 Å². The van der Waals surface area contributed by atoms with E-state index in [1.165, 1.54) is 0 Å². The number of rotatable bonds is 4. The molecular weight excluding hydrogens is 146 g/mol. The molecule has 64 valence electrons. The minimum atomic E-state index is 0.00681. The van der Waals surface area contributed by atoms with Gasteiger partial charge in [0.25, 0.3) is 0 Å². The van der Waals surface area contributed by atoms with Crippen LogP contribution in [-0.4, -0.2) is 37.4 Å². The summed E-state index contributed by atoms with van der Waals surface area (Å²) in [6, 6.07) is 0. The molecule has 0 saturated carbocycles. The number of carbonyl (C=O) groups is 1. The zero-order valence-electron chi connectivity index (χ0n) is 6.38. The van der Waals surface area contributed by atoms with Crippen molar-refractivity contribution in [1.29, 1.82) is 0 Å². The Morgan fingerprint density at radius 2 is 2.36 bits per heavy atom. The highest BCUT2D eigenvalue weighted by atomic mass is 16.5. The molecule has 2 N–H and O–H groups in total. The van der Waals surface area contributed by atoms with Crippen molar-refractivity contribution in [2.45, 2.75) is 6.42 Å². The molecule has 4 nitrogen and oxygen atoms in total. The maximum atomic E-state index is 10.9. The Hall–Kier alpha value is -0.610. The zero-order chi connectivity index (χ0) is 8.10. The molecule has 0 aromatic rings. The van der Waals surface area contributed by atoms with Crippen LogP contribution < -0.4 is 5.32 Å². The van der Waals surface area contributed by atoms with Crippen molar-refractivity contribution in [3.05, 3.63) is 0 Å². The summed E-state index contributed by atoms with van der Waals surface area (Å²) in [5.41, 5.74) is 0. The predicted octanol–water partition coefficient (Wildman–Crippen LogP) is -0.869. The van der Waals surface area contributed by atoms with Gasteiger partial charge in [-0.25, -0.2) is 0 Å². The summed E-state index contributed by atoms with van der Waals surface area (Å²) < 4.78 is 4.91. The first-order valence-electron chi connectivity index (χ1n) is 3.78. The number of hydrogen-bond donors (Lipinski definition) is 2. The monoisotopic (exact) mass is 159 g/mol. The average molecular weight is 159 g/mol. The molecule has 0 aromatic heterocycles. The van der Waals surface area contributed by atoms with Crippen LogP contribution >= 0.6 is 0 Å². The average Bonchev–Trinajstić information content (AvgIpc) is 1.93. The van der Waals surface area contributed by atoms with Crippen LogP contribution in [0.5, 0.6) is 0 Å². The molecule has 1 saturated heterocycles. The highest BCUT2D eigenvalue weighted by Crippen LogP contribution is 2.13. The molecule has 1 aliphatic rings. The van der Waals surface area contributed by atoms with Gasteiger partial charge < -0.3 is 15.2 Å². The van der Waals surface area contributed by atoms with Gasteiger partial charge in [-0.15, -0.1) is 0 Å². The topological polar surface area (TPSA) is 58.6 Å². The number of ether oxygens (including phenoxy) is 1. The third-order valence-electron chi connectivity index (χ3n) is 1.62. The van der Waals surface area contributed by atoms with Gasteiger partial charge in [0, 0.05) is 18.9 Å². The van der Waals surface area contributed by atoms with Crippen molar-refractivity contribution in [2.24, 2.45) is 5.92 Å². The summed E-state index contributed by atoms with van der Waals surface area (Å²) in [7, 11) is 0. The lowest BCUT2D eigenvalue weighted by Crippen LogP contribution is -2.35. The third-order valence-corrected chi connectivity index (χ3v) is 1.62.